The van der Waals surface area contributed by atoms with E-state index in [1.165, 1.54) is 0 Å². The van der Waals surface area contributed by atoms with Crippen molar-refractivity contribution >= 4 is 21.1 Å². The van der Waals surface area contributed by atoms with Crippen molar-refractivity contribution in [2.24, 2.45) is 0 Å². The van der Waals surface area contributed by atoms with Crippen molar-refractivity contribution in [2.45, 2.75) is 30.9 Å². The van der Waals surface area contributed by atoms with Crippen LogP contribution in [-0.2, 0) is 23.0 Å². The first kappa shape index (κ1) is 22.6. The maximum Gasteiger partial charge on any atom is 0.511 e. The van der Waals surface area contributed by atoms with E-state index in [1.54, 1.807) is 33.9 Å². The number of rotatable bonds is 6. The van der Waals surface area contributed by atoms with Crippen LogP contribution in [0.15, 0.2) is 48.9 Å². The summed E-state index contributed by atoms with van der Waals surface area (Å²) in [6, 6.07) is 8.07. The smallest absolute Gasteiger partial charge is 0.394 e. The number of H-pyrrole nitrogens is 1. The third-order valence-corrected chi connectivity index (χ3v) is 7.14. The second kappa shape index (κ2) is 8.22. The molecule has 1 aromatic carbocycles. The van der Waals surface area contributed by atoms with Crippen molar-refractivity contribution in [3.63, 3.8) is 0 Å². The predicted molar refractivity (Wildman–Crippen MR) is 119 cm³/mol. The van der Waals surface area contributed by atoms with Gasteiger partial charge >= 0.3 is 15.5 Å². The number of alkyl halides is 3. The number of nitrogens with zero attached hydrogens (tertiary/aromatic N) is 3. The van der Waals surface area contributed by atoms with E-state index in [1.807, 2.05) is 24.4 Å². The third kappa shape index (κ3) is 3.87. The quantitative estimate of drug-likeness (QED) is 0.382. The van der Waals surface area contributed by atoms with Crippen molar-refractivity contribution in [1.29, 1.82) is 0 Å². The lowest BCUT2D eigenvalue weighted by Crippen LogP contribution is -2.38. The van der Waals surface area contributed by atoms with E-state index >= 15 is 0 Å². The standard InChI is InChI=1S/C22H20F3N5O3S/c23-22(24,25)34(32,33)29-19-4-2-13-11-14(1-3-15(13)19)18-12-30(9-10-31)28-20(18)16-5-7-26-21-17(16)6-8-27-21/h1,3,5-8,11-12,19,29,31H,2,4,9-10H2,(H,26,27). The Kier molecular flexibility index (Phi) is 5.46. The number of aromatic nitrogens is 4. The Balaban J connectivity index is 1.55. The number of aryl methyl sites for hydroxylation is 1. The molecule has 0 spiro atoms. The summed E-state index contributed by atoms with van der Waals surface area (Å²) < 4.78 is 65.0. The summed E-state index contributed by atoms with van der Waals surface area (Å²) in [5, 5.41) is 14.9. The Morgan fingerprint density at radius 3 is 2.79 bits per heavy atom. The van der Waals surface area contributed by atoms with Gasteiger partial charge in [0.05, 0.1) is 13.2 Å². The monoisotopic (exact) mass is 491 g/mol. The largest absolute Gasteiger partial charge is 0.511 e. The SMILES string of the molecule is O=S(=O)(NC1CCc2cc(-c3cn(CCO)nc3-c3ccnc4[nH]ccc34)ccc21)C(F)(F)F. The zero-order chi connectivity index (χ0) is 24.1. The number of fused-ring (bicyclic) bond motifs is 2. The van der Waals surface area contributed by atoms with Crippen molar-refractivity contribution in [2.75, 3.05) is 6.61 Å². The zero-order valence-electron chi connectivity index (χ0n) is 17.7. The van der Waals surface area contributed by atoms with E-state index in [2.05, 4.69) is 15.1 Å². The second-order valence-corrected chi connectivity index (χ2v) is 9.75. The Bertz CT molecular complexity index is 1480. The molecular weight excluding hydrogens is 471 g/mol. The highest BCUT2D eigenvalue weighted by molar-refractivity contribution is 7.90. The number of nitrogens with one attached hydrogen (secondary N) is 2. The summed E-state index contributed by atoms with van der Waals surface area (Å²) in [6.45, 7) is 0.197. The average molecular weight is 491 g/mol. The molecule has 1 aliphatic carbocycles. The number of pyridine rings is 1. The molecule has 0 fully saturated rings. The number of hydrogen-bond acceptors (Lipinski definition) is 5. The first-order valence-corrected chi connectivity index (χ1v) is 12.0. The Labute approximate surface area is 192 Å². The molecule has 0 radical (unpaired) electrons. The highest BCUT2D eigenvalue weighted by atomic mass is 32.2. The van der Waals surface area contributed by atoms with Crippen LogP contribution in [0.2, 0.25) is 0 Å². The molecule has 3 N–H and O–H groups in total. The summed E-state index contributed by atoms with van der Waals surface area (Å²) in [5.74, 6) is 0. The van der Waals surface area contributed by atoms with Crippen LogP contribution in [0, 0.1) is 0 Å². The highest BCUT2D eigenvalue weighted by Gasteiger charge is 2.47. The van der Waals surface area contributed by atoms with Gasteiger partial charge in [-0.05, 0) is 41.7 Å². The number of aromatic amines is 1. The van der Waals surface area contributed by atoms with Gasteiger partial charge in [-0.25, -0.2) is 13.4 Å². The molecule has 4 aromatic rings. The number of aliphatic hydroxyl groups is 1. The fourth-order valence-corrected chi connectivity index (χ4v) is 5.13. The van der Waals surface area contributed by atoms with Gasteiger partial charge in [0, 0.05) is 41.1 Å². The normalized spacial score (nSPS) is 16.3. The van der Waals surface area contributed by atoms with Gasteiger partial charge in [-0.2, -0.15) is 23.0 Å². The van der Waals surface area contributed by atoms with E-state index in [0.717, 1.165) is 27.6 Å². The molecule has 178 valence electrons. The topological polar surface area (TPSA) is 113 Å². The molecule has 0 saturated heterocycles. The van der Waals surface area contributed by atoms with Crippen LogP contribution in [0.1, 0.15) is 23.6 Å². The zero-order valence-corrected chi connectivity index (χ0v) is 18.5. The van der Waals surface area contributed by atoms with Crippen LogP contribution in [0.5, 0.6) is 0 Å². The minimum Gasteiger partial charge on any atom is -0.394 e. The molecule has 3 aromatic heterocycles. The lowest BCUT2D eigenvalue weighted by molar-refractivity contribution is -0.0451. The Hall–Kier alpha value is -3.22. The maximum atomic E-state index is 12.8. The van der Waals surface area contributed by atoms with Crippen molar-refractivity contribution in [3.8, 4) is 22.4 Å². The average Bonchev–Trinajstić information content (AvgIpc) is 3.51. The number of halogens is 3. The minimum absolute atomic E-state index is 0.0955. The van der Waals surface area contributed by atoms with Crippen LogP contribution in [-0.4, -0.2) is 45.4 Å². The van der Waals surface area contributed by atoms with Crippen LogP contribution in [0.25, 0.3) is 33.4 Å². The molecule has 0 bridgehead atoms. The predicted octanol–water partition coefficient (Wildman–Crippen LogP) is 3.51. The van der Waals surface area contributed by atoms with Crippen molar-refractivity contribution < 1.29 is 26.7 Å². The molecule has 8 nitrogen and oxygen atoms in total. The molecule has 34 heavy (non-hydrogen) atoms. The lowest BCUT2D eigenvalue weighted by Gasteiger charge is -2.16. The van der Waals surface area contributed by atoms with Gasteiger partial charge in [0.25, 0.3) is 0 Å². The van der Waals surface area contributed by atoms with E-state index in [4.69, 9.17) is 0 Å². The highest BCUT2D eigenvalue weighted by Crippen LogP contribution is 2.39. The van der Waals surface area contributed by atoms with Gasteiger partial charge in [0.1, 0.15) is 11.3 Å². The summed E-state index contributed by atoms with van der Waals surface area (Å²) in [6.07, 6.45) is 5.93. The summed E-state index contributed by atoms with van der Waals surface area (Å²) in [7, 11) is -5.44. The Morgan fingerprint density at radius 2 is 2.03 bits per heavy atom. The van der Waals surface area contributed by atoms with Gasteiger partial charge in [-0.1, -0.05) is 18.2 Å². The Morgan fingerprint density at radius 1 is 1.21 bits per heavy atom. The molecule has 0 amide bonds. The second-order valence-electron chi connectivity index (χ2n) is 8.05. The summed E-state index contributed by atoms with van der Waals surface area (Å²) in [5.41, 5.74) is -0.273. The fraction of sp³-hybridized carbons (Fsp3) is 0.273. The first-order valence-electron chi connectivity index (χ1n) is 10.5. The molecule has 1 unspecified atom stereocenters. The van der Waals surface area contributed by atoms with E-state index in [0.29, 0.717) is 29.9 Å². The summed E-state index contributed by atoms with van der Waals surface area (Å²) >= 11 is 0. The van der Waals surface area contributed by atoms with Gasteiger partial charge in [-0.15, -0.1) is 0 Å². The van der Waals surface area contributed by atoms with Crippen LogP contribution < -0.4 is 4.72 Å². The maximum absolute atomic E-state index is 12.8. The van der Waals surface area contributed by atoms with Crippen molar-refractivity contribution in [3.05, 3.63) is 60.0 Å². The van der Waals surface area contributed by atoms with Crippen LogP contribution >= 0.6 is 0 Å². The van der Waals surface area contributed by atoms with Gasteiger partial charge in [0.2, 0.25) is 0 Å². The molecule has 0 aliphatic heterocycles. The minimum atomic E-state index is -5.44. The van der Waals surface area contributed by atoms with E-state index in [-0.39, 0.29) is 13.0 Å². The number of sulfonamides is 1. The fourth-order valence-electron chi connectivity index (χ4n) is 4.38. The lowest BCUT2D eigenvalue weighted by atomic mass is 9.97. The van der Waals surface area contributed by atoms with Crippen LogP contribution in [0.3, 0.4) is 0 Å². The molecule has 1 aliphatic rings. The van der Waals surface area contributed by atoms with E-state index < -0.39 is 21.6 Å². The number of benzene rings is 1. The van der Waals surface area contributed by atoms with Gasteiger partial charge < -0.3 is 10.1 Å². The molecular formula is C22H20F3N5O3S. The molecule has 5 rings (SSSR count). The van der Waals surface area contributed by atoms with Gasteiger partial charge in [0.15, 0.2) is 0 Å². The molecule has 3 heterocycles. The van der Waals surface area contributed by atoms with Crippen molar-refractivity contribution in [1.82, 2.24) is 24.5 Å². The first-order chi connectivity index (χ1) is 16.2. The third-order valence-electron chi connectivity index (χ3n) is 5.94. The van der Waals surface area contributed by atoms with E-state index in [9.17, 15) is 26.7 Å². The molecule has 12 heteroatoms. The molecule has 1 atom stereocenters. The molecule has 0 saturated carbocycles. The number of aliphatic hydroxyl groups excluding tert-OH is 1. The van der Waals surface area contributed by atoms with Crippen LogP contribution in [0.4, 0.5) is 13.2 Å². The van der Waals surface area contributed by atoms with Gasteiger partial charge in [-0.3, -0.25) is 4.68 Å². The summed E-state index contributed by atoms with van der Waals surface area (Å²) in [4.78, 5) is 7.38. The number of hydrogen-bond donors (Lipinski definition) is 3.